The predicted octanol–water partition coefficient (Wildman–Crippen LogP) is -5.84. The van der Waals surface area contributed by atoms with Gasteiger partial charge in [0.2, 0.25) is 0 Å². The van der Waals surface area contributed by atoms with Crippen molar-refractivity contribution in [2.45, 2.75) is 215 Å². The lowest BCUT2D eigenvalue weighted by molar-refractivity contribution is -0.407. The average Bonchev–Trinajstić information content (AvgIpc) is 0.865. The van der Waals surface area contributed by atoms with E-state index in [-0.39, 0.29) is 185 Å². The van der Waals surface area contributed by atoms with Gasteiger partial charge in [-0.1, -0.05) is 0 Å². The molecule has 0 spiro atoms. The summed E-state index contributed by atoms with van der Waals surface area (Å²) in [5, 5.41) is 83.7. The largest absolute Gasteiger partial charge is 0.394 e. The van der Waals surface area contributed by atoms with Crippen LogP contribution in [0.15, 0.2) is 0 Å². The van der Waals surface area contributed by atoms with E-state index in [4.69, 9.17) is 199 Å². The fourth-order valence-corrected chi connectivity index (χ4v) is 16.5. The molecule has 0 aromatic carbocycles. The van der Waals surface area contributed by atoms with Crippen LogP contribution >= 0.6 is 0 Å². The highest BCUT2D eigenvalue weighted by Gasteiger charge is 2.63. The highest BCUT2D eigenvalue weighted by atomic mass is 16.8. The minimum Gasteiger partial charge on any atom is -0.394 e. The van der Waals surface area contributed by atoms with Crippen molar-refractivity contribution in [2.75, 3.05) is 331 Å². The van der Waals surface area contributed by atoms with E-state index in [1.54, 1.807) is 0 Å². The van der Waals surface area contributed by atoms with Gasteiger partial charge in [0.1, 0.15) is 171 Å². The van der Waals surface area contributed by atoms with Crippen molar-refractivity contribution in [1.82, 2.24) is 0 Å². The molecule has 0 aliphatic carbocycles. The van der Waals surface area contributed by atoms with Crippen molar-refractivity contribution in [3.63, 3.8) is 0 Å². The van der Waals surface area contributed by atoms with Crippen molar-refractivity contribution in [3.05, 3.63) is 0 Å². The van der Waals surface area contributed by atoms with Crippen LogP contribution in [0, 0.1) is 0 Å². The van der Waals surface area contributed by atoms with E-state index in [9.17, 15) is 35.7 Å². The minimum absolute atomic E-state index is 0.00957. The van der Waals surface area contributed by atoms with E-state index in [0.717, 1.165) is 0 Å². The first-order valence-corrected chi connectivity index (χ1v) is 45.1. The number of rotatable bonds is 63. The van der Waals surface area contributed by atoms with Crippen molar-refractivity contribution >= 4 is 0 Å². The number of methoxy groups -OCH3 is 14. The van der Waals surface area contributed by atoms with Gasteiger partial charge < -0.3 is 235 Å². The Morgan fingerprint density at radius 2 is 0.218 bits per heavy atom. The molecule has 7 N–H and O–H groups in total. The molecule has 21 heterocycles. The van der Waals surface area contributed by atoms with Crippen LogP contribution in [0.3, 0.4) is 0 Å². The van der Waals surface area contributed by atoms with Gasteiger partial charge in [0.15, 0.2) is 44.0 Å². The van der Waals surface area contributed by atoms with Crippen LogP contribution in [0.2, 0.25) is 0 Å². The summed E-state index contributed by atoms with van der Waals surface area (Å²) in [6.07, 6.45) is -52.2. The second-order valence-electron chi connectivity index (χ2n) is 31.4. The Kier molecular flexibility index (Phi) is 58.4. The molecule has 0 aromatic rings. The summed E-state index contributed by atoms with van der Waals surface area (Å²) in [7, 11) is 20.5. The SMILES string of the molecule is COCCO[C@@H]1[C@@H](OCCOC)[C@H]2O[C@H]3[C@H](OCCOC)[C@@H](OCCOC)[C@@H](O[C@H]4[C@H](OCCOC)[C@@H](OCCOC)[C@@H](O[C@H]5[C@H](OCCOC)[C@@H](OCCOC)[C@@H](O[C@H]6[C@H](OCCOC)[C@@H](OCCOC)[C@@H](O[C@H]7[C@H](OCCOC)[C@@H](OCCOC)[C@@H](O[C@H]8[C@H](OCCOC)[C@@H](OCCOC)[C@@H](O[C@@H]1[C@@H](CO)O2)O[C@@H]8CO)O[C@@H]7CO)O[C@@H]6CO)O[C@@H]5CO)O[C@@H]4CO)O[C@@H]3CO. The topological polar surface area (TPSA) is 529 Å². The van der Waals surface area contributed by atoms with Crippen molar-refractivity contribution in [2.24, 2.45) is 0 Å². The second kappa shape index (κ2) is 66.8. The van der Waals surface area contributed by atoms with E-state index in [1.807, 2.05) is 0 Å². The van der Waals surface area contributed by atoms with Gasteiger partial charge in [-0.3, -0.25) is 0 Å². The van der Waals surface area contributed by atoms with Crippen molar-refractivity contribution < 1.29 is 235 Å². The maximum absolute atomic E-state index is 12.0. The molecule has 21 aliphatic rings. The quantitative estimate of drug-likeness (QED) is 0.0279. The molecule has 21 aliphatic heterocycles. The molecule has 784 valence electrons. The standard InChI is InChI=1S/C84H154O49/c1-92-15-29-106-64-57-50(43-85)120-78(71(64)113-36-22-99-8)128-58-51(44-86)122-80(73(115-38-24-101-10)65(58)107-30-16-93-2)130-60-53(46-88)124-82(75(117-40-26-103-12)67(60)109-32-18-95-4)132-62-55(48-90)126-84(77(119-42-28-105-14)69(62)111-34-20-97-6)133-63-56(49-91)125-83(76(118-41-27-104-13)70(63)112-35-21-98-7)131-61-54(47-89)123-81(74(116-39-25-102-11)68(61)110-33-19-96-5)129-59-52(45-87)121-79(127-57)72(114-37-23-100-9)66(59)108-31-17-94-3/h50-91H,15-49H2,1-14H3/t50-,51-,52-,53-,54-,55-,56-,57-,58-,59-,60-,61-,62-,63-,64+,65+,66+,67+,68+,69+,70+,71-,72-,73-,74-,75-,76-,77-,78-,79-,80-,81-,82-,83-,84-/m1/s1. The van der Waals surface area contributed by atoms with E-state index < -0.39 is 261 Å². The zero-order chi connectivity index (χ0) is 95.7. The summed E-state index contributed by atoms with van der Waals surface area (Å²) in [5.74, 6) is 0. The first kappa shape index (κ1) is 116. The van der Waals surface area contributed by atoms with Crippen molar-refractivity contribution in [1.29, 1.82) is 0 Å². The lowest BCUT2D eigenvalue weighted by Gasteiger charge is -2.53. The molecule has 0 unspecified atom stereocenters. The number of aliphatic hydroxyl groups is 7. The number of hydrogen-bond acceptors (Lipinski definition) is 49. The Morgan fingerprint density at radius 1 is 0.128 bits per heavy atom. The summed E-state index contributed by atoms with van der Waals surface area (Å²) in [6.45, 7) is -8.23. The van der Waals surface area contributed by atoms with E-state index >= 15 is 0 Å². The summed E-state index contributed by atoms with van der Waals surface area (Å²) in [5.41, 5.74) is 0. The fourth-order valence-electron chi connectivity index (χ4n) is 16.5. The molecule has 21 rings (SSSR count). The molecule has 0 radical (unpaired) electrons. The molecule has 49 heteroatoms. The normalized spacial score (nSPS) is 37.1. The Bertz CT molecular complexity index is 2350. The van der Waals surface area contributed by atoms with Crippen molar-refractivity contribution in [3.8, 4) is 0 Å². The third kappa shape index (κ3) is 34.1. The molecule has 0 saturated carbocycles. The van der Waals surface area contributed by atoms with Crippen LogP contribution in [0.25, 0.3) is 0 Å². The Labute approximate surface area is 777 Å². The monoisotopic (exact) mass is 1950 g/mol. The maximum atomic E-state index is 12.0. The lowest BCUT2D eigenvalue weighted by atomic mass is 9.94. The van der Waals surface area contributed by atoms with Gasteiger partial charge in [-0.25, -0.2) is 0 Å². The summed E-state index contributed by atoms with van der Waals surface area (Å²) < 4.78 is 272. The molecule has 21 fully saturated rings. The third-order valence-electron chi connectivity index (χ3n) is 22.8. The molecule has 49 nitrogen and oxygen atoms in total. The van der Waals surface area contributed by atoms with Gasteiger partial charge in [0, 0.05) is 99.5 Å². The maximum Gasteiger partial charge on any atom is 0.187 e. The molecule has 35 atom stereocenters. The van der Waals surface area contributed by atoms with Gasteiger partial charge in [-0.2, -0.15) is 0 Å². The zero-order valence-electron chi connectivity index (χ0n) is 79.2. The molecular weight excluding hydrogens is 1790 g/mol. The van der Waals surface area contributed by atoms with Gasteiger partial charge in [-0.15, -0.1) is 0 Å². The molecule has 21 saturated heterocycles. The van der Waals surface area contributed by atoms with Crippen LogP contribution < -0.4 is 0 Å². The van der Waals surface area contributed by atoms with Gasteiger partial charge >= 0.3 is 0 Å². The zero-order valence-corrected chi connectivity index (χ0v) is 79.2. The first-order valence-electron chi connectivity index (χ1n) is 45.1. The van der Waals surface area contributed by atoms with Crippen LogP contribution in [0.4, 0.5) is 0 Å². The Morgan fingerprint density at radius 3 is 0.301 bits per heavy atom. The molecule has 133 heavy (non-hydrogen) atoms. The van der Waals surface area contributed by atoms with Crippen LogP contribution in [0.5, 0.6) is 0 Å². The highest BCUT2D eigenvalue weighted by Crippen LogP contribution is 2.44. The van der Waals surface area contributed by atoms with Gasteiger partial charge in [0.25, 0.3) is 0 Å². The van der Waals surface area contributed by atoms with E-state index in [1.165, 1.54) is 99.5 Å². The Hall–Kier alpha value is -1.96. The van der Waals surface area contributed by atoms with E-state index in [0.29, 0.717) is 0 Å². The lowest BCUT2D eigenvalue weighted by Crippen LogP contribution is -2.70. The molecule has 0 aromatic heterocycles. The molecule has 14 bridgehead atoms. The molecule has 0 amide bonds. The smallest absolute Gasteiger partial charge is 0.187 e. The number of ether oxygens (including phenoxy) is 42. The minimum atomic E-state index is -1.66. The number of hydrogen-bond donors (Lipinski definition) is 7. The fraction of sp³-hybridized carbons (Fsp3) is 1.00. The second-order valence-corrected chi connectivity index (χ2v) is 31.4. The predicted molar refractivity (Wildman–Crippen MR) is 447 cm³/mol. The first-order chi connectivity index (χ1) is 65.2. The summed E-state index contributed by atoms with van der Waals surface area (Å²) in [4.78, 5) is 0. The Balaban J connectivity index is 1.41. The summed E-state index contributed by atoms with van der Waals surface area (Å²) in [6, 6.07) is 0. The average molecular weight is 1950 g/mol. The van der Waals surface area contributed by atoms with Gasteiger partial charge in [0.05, 0.1) is 231 Å². The van der Waals surface area contributed by atoms with Crippen LogP contribution in [-0.2, 0) is 199 Å². The van der Waals surface area contributed by atoms with E-state index in [2.05, 4.69) is 0 Å². The third-order valence-corrected chi connectivity index (χ3v) is 22.8. The summed E-state index contributed by atoms with van der Waals surface area (Å²) >= 11 is 0. The highest BCUT2D eigenvalue weighted by molar-refractivity contribution is 5.05. The number of aliphatic hydroxyl groups excluding tert-OH is 7. The van der Waals surface area contributed by atoms with Crippen LogP contribution in [-0.4, -0.2) is 581 Å². The van der Waals surface area contributed by atoms with Crippen LogP contribution in [0.1, 0.15) is 0 Å². The molecular formula is C84H154O49. The van der Waals surface area contributed by atoms with Gasteiger partial charge in [-0.05, 0) is 0 Å².